The van der Waals surface area contributed by atoms with Crippen molar-refractivity contribution in [3.05, 3.63) is 17.5 Å². The smallest absolute Gasteiger partial charge is 0.302 e. The topological polar surface area (TPSA) is 46.9 Å². The number of aromatic nitrogens is 2. The Hall–Kier alpha value is -1.37. The van der Waals surface area contributed by atoms with E-state index in [0.717, 1.165) is 12.1 Å². The van der Waals surface area contributed by atoms with Crippen LogP contribution in [0.1, 0.15) is 18.3 Å². The Bertz CT molecular complexity index is 412. The second kappa shape index (κ2) is 5.99. The van der Waals surface area contributed by atoms with Gasteiger partial charge in [0.1, 0.15) is 0 Å². The molecule has 0 spiro atoms. The molecule has 1 N–H and O–H groups in total. The van der Waals surface area contributed by atoms with Crippen molar-refractivity contribution in [3.63, 3.8) is 0 Å². The molecule has 1 rings (SSSR count). The van der Waals surface area contributed by atoms with E-state index in [9.17, 15) is 18.0 Å². The molecule has 1 aromatic rings. The van der Waals surface area contributed by atoms with Gasteiger partial charge in [0, 0.05) is 19.2 Å². The fraction of sp³-hybridized carbons (Fsp3) is 0.636. The lowest BCUT2D eigenvalue weighted by atomic mass is 10.2. The van der Waals surface area contributed by atoms with Gasteiger partial charge >= 0.3 is 6.18 Å². The van der Waals surface area contributed by atoms with Crippen LogP contribution in [0.4, 0.5) is 13.2 Å². The molecule has 18 heavy (non-hydrogen) atoms. The zero-order valence-corrected chi connectivity index (χ0v) is 10.3. The average Bonchev–Trinajstić information content (AvgIpc) is 2.57. The molecule has 4 nitrogen and oxygen atoms in total. The highest BCUT2D eigenvalue weighted by molar-refractivity contribution is 5.82. The van der Waals surface area contributed by atoms with Gasteiger partial charge < -0.3 is 5.32 Å². The van der Waals surface area contributed by atoms with Gasteiger partial charge in [-0.1, -0.05) is 6.92 Å². The number of carbonyl (C=O) groups excluding carboxylic acids is 1. The van der Waals surface area contributed by atoms with E-state index in [-0.39, 0.29) is 18.7 Å². The zero-order chi connectivity index (χ0) is 13.8. The van der Waals surface area contributed by atoms with Crippen molar-refractivity contribution < 1.29 is 18.0 Å². The maximum Gasteiger partial charge on any atom is 0.401 e. The Balaban J connectivity index is 2.42. The van der Waals surface area contributed by atoms with E-state index in [2.05, 4.69) is 10.4 Å². The molecule has 0 saturated carbocycles. The van der Waals surface area contributed by atoms with E-state index in [4.69, 9.17) is 0 Å². The van der Waals surface area contributed by atoms with Crippen molar-refractivity contribution in [3.8, 4) is 0 Å². The molecule has 102 valence electrons. The monoisotopic (exact) mass is 263 g/mol. The molecule has 0 aromatic carbocycles. The standard InChI is InChI=1S/C11H16F3N3O/c1-3-8-4-9(17(2)16-8)5-10(18)6-15-7-11(12,13)14/h4,15H,3,5-7H2,1-2H3. The number of hydrogen-bond acceptors (Lipinski definition) is 3. The van der Waals surface area contributed by atoms with Crippen LogP contribution in [-0.2, 0) is 24.7 Å². The summed E-state index contributed by atoms with van der Waals surface area (Å²) in [6, 6.07) is 1.79. The van der Waals surface area contributed by atoms with Crippen molar-refractivity contribution in [2.24, 2.45) is 7.05 Å². The maximum absolute atomic E-state index is 11.9. The lowest BCUT2D eigenvalue weighted by Gasteiger charge is -2.07. The molecule has 7 heteroatoms. The highest BCUT2D eigenvalue weighted by atomic mass is 19.4. The average molecular weight is 263 g/mol. The van der Waals surface area contributed by atoms with Gasteiger partial charge in [0.15, 0.2) is 5.78 Å². The molecule has 0 amide bonds. The van der Waals surface area contributed by atoms with Crippen LogP contribution in [0.3, 0.4) is 0 Å². The number of nitrogens with one attached hydrogen (secondary N) is 1. The fourth-order valence-corrected chi connectivity index (χ4v) is 1.52. The number of halogens is 3. The van der Waals surface area contributed by atoms with Crippen molar-refractivity contribution in [1.29, 1.82) is 0 Å². The molecule has 0 aliphatic rings. The molecule has 0 bridgehead atoms. The molecule has 0 aliphatic heterocycles. The van der Waals surface area contributed by atoms with E-state index < -0.39 is 12.7 Å². The highest BCUT2D eigenvalue weighted by Gasteiger charge is 2.26. The SMILES string of the molecule is CCc1cc(CC(=O)CNCC(F)(F)F)n(C)n1. The van der Waals surface area contributed by atoms with Crippen LogP contribution in [0.25, 0.3) is 0 Å². The van der Waals surface area contributed by atoms with Gasteiger partial charge in [-0.3, -0.25) is 9.48 Å². The highest BCUT2D eigenvalue weighted by Crippen LogP contribution is 2.12. The van der Waals surface area contributed by atoms with Crippen LogP contribution in [0.15, 0.2) is 6.07 Å². The van der Waals surface area contributed by atoms with Gasteiger partial charge in [-0.25, -0.2) is 0 Å². The van der Waals surface area contributed by atoms with Gasteiger partial charge in [-0.2, -0.15) is 18.3 Å². The Labute approximate surface area is 103 Å². The summed E-state index contributed by atoms with van der Waals surface area (Å²) in [5, 5.41) is 6.25. The van der Waals surface area contributed by atoms with Crippen LogP contribution >= 0.6 is 0 Å². The third-order valence-electron chi connectivity index (χ3n) is 2.42. The number of ketones is 1. The van der Waals surface area contributed by atoms with Gasteiger partial charge in [-0.15, -0.1) is 0 Å². The Morgan fingerprint density at radius 2 is 2.17 bits per heavy atom. The quantitative estimate of drug-likeness (QED) is 0.840. The number of Topliss-reactive ketones (excluding diaryl/α,β-unsaturated/α-hetero) is 1. The summed E-state index contributed by atoms with van der Waals surface area (Å²) in [4.78, 5) is 11.5. The summed E-state index contributed by atoms with van der Waals surface area (Å²) >= 11 is 0. The number of rotatable bonds is 6. The van der Waals surface area contributed by atoms with E-state index in [1.165, 1.54) is 0 Å². The van der Waals surface area contributed by atoms with E-state index in [1.807, 2.05) is 6.92 Å². The largest absolute Gasteiger partial charge is 0.401 e. The van der Waals surface area contributed by atoms with Crippen LogP contribution in [0, 0.1) is 0 Å². The second-order valence-corrected chi connectivity index (χ2v) is 4.04. The van der Waals surface area contributed by atoms with Gasteiger partial charge in [-0.05, 0) is 12.5 Å². The minimum Gasteiger partial charge on any atom is -0.302 e. The van der Waals surface area contributed by atoms with E-state index in [0.29, 0.717) is 5.69 Å². The first kappa shape index (κ1) is 14.7. The number of nitrogens with zero attached hydrogens (tertiary/aromatic N) is 2. The third-order valence-corrected chi connectivity index (χ3v) is 2.42. The van der Waals surface area contributed by atoms with Gasteiger partial charge in [0.25, 0.3) is 0 Å². The Kier molecular flexibility index (Phi) is 4.89. The summed E-state index contributed by atoms with van der Waals surface area (Å²) in [5.41, 5.74) is 1.58. The second-order valence-electron chi connectivity index (χ2n) is 4.04. The van der Waals surface area contributed by atoms with Crippen molar-refractivity contribution in [2.45, 2.75) is 25.9 Å². The Morgan fingerprint density at radius 3 is 2.67 bits per heavy atom. The minimum absolute atomic E-state index is 0.0916. The van der Waals surface area contributed by atoms with Crippen molar-refractivity contribution >= 4 is 5.78 Å². The normalized spacial score (nSPS) is 11.8. The lowest BCUT2D eigenvalue weighted by Crippen LogP contribution is -2.33. The van der Waals surface area contributed by atoms with Crippen LogP contribution in [0.2, 0.25) is 0 Å². The predicted octanol–water partition coefficient (Wildman–Crippen LogP) is 1.25. The first-order valence-electron chi connectivity index (χ1n) is 5.62. The molecular formula is C11H16F3N3O. The van der Waals surface area contributed by atoms with Crippen molar-refractivity contribution in [1.82, 2.24) is 15.1 Å². The number of aryl methyl sites for hydroxylation is 2. The van der Waals surface area contributed by atoms with Crippen molar-refractivity contribution in [2.75, 3.05) is 13.1 Å². The summed E-state index contributed by atoms with van der Waals surface area (Å²) in [6.07, 6.45) is -3.44. The molecule has 0 radical (unpaired) electrons. The molecule has 0 fully saturated rings. The molecular weight excluding hydrogens is 247 g/mol. The summed E-state index contributed by atoms with van der Waals surface area (Å²) in [5.74, 6) is -0.287. The summed E-state index contributed by atoms with van der Waals surface area (Å²) in [7, 11) is 1.71. The first-order valence-corrected chi connectivity index (χ1v) is 5.62. The molecule has 1 aromatic heterocycles. The fourth-order valence-electron chi connectivity index (χ4n) is 1.52. The molecule has 0 unspecified atom stereocenters. The lowest BCUT2D eigenvalue weighted by molar-refractivity contribution is -0.127. The minimum atomic E-state index is -4.29. The van der Waals surface area contributed by atoms with Gasteiger partial charge in [0.2, 0.25) is 0 Å². The summed E-state index contributed by atoms with van der Waals surface area (Å²) in [6.45, 7) is 0.509. The third kappa shape index (κ3) is 4.87. The van der Waals surface area contributed by atoms with Gasteiger partial charge in [0.05, 0.1) is 18.8 Å². The zero-order valence-electron chi connectivity index (χ0n) is 10.3. The Morgan fingerprint density at radius 1 is 1.50 bits per heavy atom. The number of alkyl halides is 3. The maximum atomic E-state index is 11.9. The molecule has 0 saturated heterocycles. The van der Waals surface area contributed by atoms with Crippen LogP contribution in [-0.4, -0.2) is 34.8 Å². The number of carbonyl (C=O) groups is 1. The van der Waals surface area contributed by atoms with Crippen LogP contribution < -0.4 is 5.32 Å². The summed E-state index contributed by atoms with van der Waals surface area (Å²) < 4.78 is 37.2. The molecule has 0 aliphatic carbocycles. The predicted molar refractivity (Wildman–Crippen MR) is 60.2 cm³/mol. The number of hydrogen-bond donors (Lipinski definition) is 1. The van der Waals surface area contributed by atoms with E-state index in [1.54, 1.807) is 17.8 Å². The van der Waals surface area contributed by atoms with E-state index >= 15 is 0 Å². The van der Waals surface area contributed by atoms with Crippen LogP contribution in [0.5, 0.6) is 0 Å². The molecule has 1 heterocycles. The first-order chi connectivity index (χ1) is 8.31. The molecule has 0 atom stereocenters.